The molecule has 12 heavy (non-hydrogen) atoms. The second-order valence-electron chi connectivity index (χ2n) is 2.64. The minimum Gasteiger partial charge on any atom is -0.313 e. The molecule has 2 nitrogen and oxygen atoms in total. The minimum absolute atomic E-state index is 0. The van der Waals surface area contributed by atoms with Gasteiger partial charge in [-0.1, -0.05) is 5.57 Å². The lowest BCUT2D eigenvalue weighted by Crippen LogP contribution is -2.04. The molecule has 1 aliphatic heterocycles. The largest absolute Gasteiger partial charge is 0.313 e. The standard InChI is InChI=1S/C8H10N2S.ClH/c1-2-9-4-7(1)3-8-5-11-6-10-8;/h3,5-6,9H,1-2,4H2;1H/b7-3+;. The van der Waals surface area contributed by atoms with E-state index in [1.807, 2.05) is 5.51 Å². The number of rotatable bonds is 1. The van der Waals surface area contributed by atoms with Crippen LogP contribution in [0.3, 0.4) is 0 Å². The van der Waals surface area contributed by atoms with Crippen LogP contribution >= 0.6 is 23.7 Å². The molecule has 2 rings (SSSR count). The molecular formula is C8H11ClN2S. The molecule has 1 aromatic rings. The summed E-state index contributed by atoms with van der Waals surface area (Å²) in [4.78, 5) is 4.19. The van der Waals surface area contributed by atoms with Crippen molar-refractivity contribution in [3.8, 4) is 0 Å². The molecule has 0 spiro atoms. The number of nitrogens with one attached hydrogen (secondary N) is 1. The molecule has 1 aromatic heterocycles. The Balaban J connectivity index is 0.000000720. The van der Waals surface area contributed by atoms with Crippen LogP contribution in [0, 0.1) is 0 Å². The Morgan fingerprint density at radius 2 is 2.50 bits per heavy atom. The number of nitrogens with zero attached hydrogens (tertiary/aromatic N) is 1. The highest BCUT2D eigenvalue weighted by molar-refractivity contribution is 7.07. The van der Waals surface area contributed by atoms with Crippen molar-refractivity contribution in [1.82, 2.24) is 10.3 Å². The second-order valence-corrected chi connectivity index (χ2v) is 3.36. The molecule has 1 aliphatic rings. The second kappa shape index (κ2) is 4.60. The third-order valence-electron chi connectivity index (χ3n) is 1.78. The summed E-state index contributed by atoms with van der Waals surface area (Å²) in [5, 5.41) is 5.37. The van der Waals surface area contributed by atoms with E-state index in [-0.39, 0.29) is 12.4 Å². The van der Waals surface area contributed by atoms with Gasteiger partial charge in [0.2, 0.25) is 0 Å². The van der Waals surface area contributed by atoms with Crippen LogP contribution in [0.5, 0.6) is 0 Å². The summed E-state index contributed by atoms with van der Waals surface area (Å²) in [6.07, 6.45) is 3.36. The van der Waals surface area contributed by atoms with Gasteiger partial charge in [0, 0.05) is 11.9 Å². The van der Waals surface area contributed by atoms with Gasteiger partial charge in [0.15, 0.2) is 0 Å². The maximum absolute atomic E-state index is 4.19. The highest BCUT2D eigenvalue weighted by Crippen LogP contribution is 2.11. The molecule has 0 aliphatic carbocycles. The molecule has 0 aromatic carbocycles. The molecule has 1 N–H and O–H groups in total. The average molecular weight is 203 g/mol. The van der Waals surface area contributed by atoms with Gasteiger partial charge in [-0.2, -0.15) is 0 Å². The summed E-state index contributed by atoms with van der Waals surface area (Å²) in [6, 6.07) is 0. The summed E-state index contributed by atoms with van der Waals surface area (Å²) >= 11 is 1.65. The molecule has 0 bridgehead atoms. The van der Waals surface area contributed by atoms with E-state index >= 15 is 0 Å². The lowest BCUT2D eigenvalue weighted by Gasteiger charge is -1.90. The molecule has 4 heteroatoms. The van der Waals surface area contributed by atoms with Crippen molar-refractivity contribution >= 4 is 29.8 Å². The number of halogens is 1. The van der Waals surface area contributed by atoms with Gasteiger partial charge >= 0.3 is 0 Å². The monoisotopic (exact) mass is 202 g/mol. The fraction of sp³-hybridized carbons (Fsp3) is 0.375. The fourth-order valence-corrected chi connectivity index (χ4v) is 1.72. The van der Waals surface area contributed by atoms with E-state index in [9.17, 15) is 0 Å². The van der Waals surface area contributed by atoms with Crippen LogP contribution in [0.15, 0.2) is 16.5 Å². The summed E-state index contributed by atoms with van der Waals surface area (Å²) in [5.41, 5.74) is 4.44. The Morgan fingerprint density at radius 1 is 1.58 bits per heavy atom. The van der Waals surface area contributed by atoms with Crippen molar-refractivity contribution in [2.75, 3.05) is 13.1 Å². The van der Waals surface area contributed by atoms with Gasteiger partial charge in [-0.3, -0.25) is 0 Å². The van der Waals surface area contributed by atoms with Crippen molar-refractivity contribution < 1.29 is 0 Å². The van der Waals surface area contributed by atoms with Crippen molar-refractivity contribution in [2.24, 2.45) is 0 Å². The first-order valence-electron chi connectivity index (χ1n) is 3.73. The van der Waals surface area contributed by atoms with Crippen LogP contribution in [0.4, 0.5) is 0 Å². The number of aromatic nitrogens is 1. The highest BCUT2D eigenvalue weighted by atomic mass is 35.5. The SMILES string of the molecule is C(=C1/CCNC1)/c1cscn1.Cl. The smallest absolute Gasteiger partial charge is 0.0798 e. The van der Waals surface area contributed by atoms with Gasteiger partial charge in [0.05, 0.1) is 11.2 Å². The first-order valence-corrected chi connectivity index (χ1v) is 4.68. The predicted molar refractivity (Wildman–Crippen MR) is 54.8 cm³/mol. The molecule has 2 heterocycles. The van der Waals surface area contributed by atoms with Crippen LogP contribution in [0.2, 0.25) is 0 Å². The van der Waals surface area contributed by atoms with E-state index < -0.39 is 0 Å². The lowest BCUT2D eigenvalue weighted by atomic mass is 10.2. The Morgan fingerprint density at radius 3 is 3.08 bits per heavy atom. The summed E-state index contributed by atoms with van der Waals surface area (Å²) < 4.78 is 0. The minimum atomic E-state index is 0. The molecular weight excluding hydrogens is 192 g/mol. The molecule has 1 saturated heterocycles. The molecule has 66 valence electrons. The maximum atomic E-state index is 4.19. The molecule has 0 saturated carbocycles. The summed E-state index contributed by atoms with van der Waals surface area (Å²) in [5.74, 6) is 0. The van der Waals surface area contributed by atoms with Crippen molar-refractivity contribution in [3.05, 3.63) is 22.2 Å². The van der Waals surface area contributed by atoms with Crippen LogP contribution < -0.4 is 5.32 Å². The third-order valence-corrected chi connectivity index (χ3v) is 2.38. The zero-order chi connectivity index (χ0) is 7.52. The van der Waals surface area contributed by atoms with Crippen molar-refractivity contribution in [1.29, 1.82) is 0 Å². The number of hydrogen-bond acceptors (Lipinski definition) is 3. The molecule has 0 radical (unpaired) electrons. The van der Waals surface area contributed by atoms with Crippen molar-refractivity contribution in [3.63, 3.8) is 0 Å². The zero-order valence-electron chi connectivity index (χ0n) is 6.62. The Bertz CT molecular complexity index is 248. The normalized spacial score (nSPS) is 19.5. The van der Waals surface area contributed by atoms with Gasteiger partial charge in [-0.05, 0) is 19.0 Å². The van der Waals surface area contributed by atoms with Crippen LogP contribution in [-0.2, 0) is 0 Å². The van der Waals surface area contributed by atoms with Gasteiger partial charge in [-0.25, -0.2) is 4.98 Å². The molecule has 0 atom stereocenters. The van der Waals surface area contributed by atoms with E-state index in [0.717, 1.165) is 18.8 Å². The Labute approximate surface area is 82.1 Å². The lowest BCUT2D eigenvalue weighted by molar-refractivity contribution is 0.862. The summed E-state index contributed by atoms with van der Waals surface area (Å²) in [7, 11) is 0. The zero-order valence-corrected chi connectivity index (χ0v) is 8.25. The first-order chi connectivity index (χ1) is 5.45. The fourth-order valence-electron chi connectivity index (χ4n) is 1.21. The Hall–Kier alpha value is -0.380. The van der Waals surface area contributed by atoms with Gasteiger partial charge in [0.25, 0.3) is 0 Å². The number of hydrogen-bond donors (Lipinski definition) is 1. The molecule has 0 amide bonds. The average Bonchev–Trinajstić information content (AvgIpc) is 2.60. The third kappa shape index (κ3) is 2.30. The van der Waals surface area contributed by atoms with Crippen molar-refractivity contribution in [2.45, 2.75) is 6.42 Å². The van der Waals surface area contributed by atoms with Crippen LogP contribution in [0.1, 0.15) is 12.1 Å². The molecule has 0 unspecified atom stereocenters. The topological polar surface area (TPSA) is 24.9 Å². The quantitative estimate of drug-likeness (QED) is 0.753. The van der Waals surface area contributed by atoms with E-state index in [1.165, 1.54) is 12.0 Å². The van der Waals surface area contributed by atoms with E-state index in [0.29, 0.717) is 0 Å². The highest BCUT2D eigenvalue weighted by Gasteiger charge is 2.04. The van der Waals surface area contributed by atoms with E-state index in [2.05, 4.69) is 21.8 Å². The van der Waals surface area contributed by atoms with Crippen LogP contribution in [0.25, 0.3) is 6.08 Å². The predicted octanol–water partition coefficient (Wildman–Crippen LogP) is 1.94. The Kier molecular flexibility index (Phi) is 3.72. The molecule has 1 fully saturated rings. The number of thiazole rings is 1. The van der Waals surface area contributed by atoms with Gasteiger partial charge in [-0.15, -0.1) is 23.7 Å². The van der Waals surface area contributed by atoms with E-state index in [1.54, 1.807) is 11.3 Å². The van der Waals surface area contributed by atoms with E-state index in [4.69, 9.17) is 0 Å². The van der Waals surface area contributed by atoms with Crippen LogP contribution in [-0.4, -0.2) is 18.1 Å². The maximum Gasteiger partial charge on any atom is 0.0798 e. The van der Waals surface area contributed by atoms with Gasteiger partial charge < -0.3 is 5.32 Å². The first kappa shape index (κ1) is 9.71. The summed E-state index contributed by atoms with van der Waals surface area (Å²) in [6.45, 7) is 2.16. The van der Waals surface area contributed by atoms with Gasteiger partial charge in [0.1, 0.15) is 0 Å².